The van der Waals surface area contributed by atoms with Crippen LogP contribution in [0.4, 0.5) is 0 Å². The molecule has 0 aliphatic carbocycles. The van der Waals surface area contributed by atoms with Crippen LogP contribution in [0.2, 0.25) is 0 Å². The molecule has 0 spiro atoms. The van der Waals surface area contributed by atoms with E-state index < -0.39 is 0 Å². The Hall–Kier alpha value is -1.30. The Balaban J connectivity index is 2.42. The number of methoxy groups -OCH3 is 2. The van der Waals surface area contributed by atoms with E-state index in [0.717, 1.165) is 22.6 Å². The van der Waals surface area contributed by atoms with Crippen LogP contribution >= 0.6 is 0 Å². The van der Waals surface area contributed by atoms with Gasteiger partial charge in [0.05, 0.1) is 20.3 Å². The van der Waals surface area contributed by atoms with E-state index in [2.05, 4.69) is 17.8 Å². The summed E-state index contributed by atoms with van der Waals surface area (Å²) in [4.78, 5) is 0. The van der Waals surface area contributed by atoms with Gasteiger partial charge < -0.3 is 15.2 Å². The highest BCUT2D eigenvalue weighted by Gasteiger charge is 2.33. The summed E-state index contributed by atoms with van der Waals surface area (Å²) in [5.74, 6) is 1.65. The Morgan fingerprint density at radius 1 is 1.17 bits per heavy atom. The zero-order chi connectivity index (χ0) is 13.3. The number of benzene rings is 1. The zero-order valence-electron chi connectivity index (χ0n) is 11.3. The molecule has 5 nitrogen and oxygen atoms in total. The molecule has 4 N–H and O–H groups in total. The van der Waals surface area contributed by atoms with Crippen molar-refractivity contribution in [3.8, 4) is 11.5 Å². The highest BCUT2D eigenvalue weighted by molar-refractivity contribution is 5.51. The Labute approximate surface area is 108 Å². The predicted octanol–water partition coefficient (Wildman–Crippen LogP) is 0.877. The van der Waals surface area contributed by atoms with Gasteiger partial charge in [0.1, 0.15) is 11.5 Å². The number of hydrazine groups is 1. The molecule has 0 aromatic heterocycles. The summed E-state index contributed by atoms with van der Waals surface area (Å²) >= 11 is 0. The van der Waals surface area contributed by atoms with Gasteiger partial charge in [0.25, 0.3) is 0 Å². The third-order valence-electron chi connectivity index (χ3n) is 3.57. The summed E-state index contributed by atoms with van der Waals surface area (Å²) in [5.41, 5.74) is 14.6. The van der Waals surface area contributed by atoms with Gasteiger partial charge in [-0.15, -0.1) is 0 Å². The number of ether oxygens (including phenoxy) is 2. The lowest BCUT2D eigenvalue weighted by Crippen LogP contribution is -2.35. The van der Waals surface area contributed by atoms with Crippen LogP contribution in [0.15, 0.2) is 12.1 Å². The van der Waals surface area contributed by atoms with Crippen LogP contribution in [-0.4, -0.2) is 26.3 Å². The van der Waals surface area contributed by atoms with Crippen molar-refractivity contribution in [3.05, 3.63) is 23.3 Å². The maximum Gasteiger partial charge on any atom is 0.130 e. The molecule has 1 saturated heterocycles. The highest BCUT2D eigenvalue weighted by atomic mass is 16.5. The molecule has 0 saturated carbocycles. The lowest BCUT2D eigenvalue weighted by Gasteiger charge is -2.21. The summed E-state index contributed by atoms with van der Waals surface area (Å²) in [6, 6.07) is 4.22. The molecule has 1 aliphatic rings. The van der Waals surface area contributed by atoms with Gasteiger partial charge in [0.2, 0.25) is 0 Å². The van der Waals surface area contributed by atoms with Crippen molar-refractivity contribution in [3.63, 3.8) is 0 Å². The molecule has 2 rings (SSSR count). The Morgan fingerprint density at radius 2 is 1.89 bits per heavy atom. The smallest absolute Gasteiger partial charge is 0.130 e. The number of hydrogen-bond acceptors (Lipinski definition) is 5. The minimum absolute atomic E-state index is 0.00620. The second kappa shape index (κ2) is 5.14. The molecule has 18 heavy (non-hydrogen) atoms. The SMILES string of the molecule is COc1ccc(C2NNC(C)C2N)c(OC)c1C. The van der Waals surface area contributed by atoms with Gasteiger partial charge in [-0.2, -0.15) is 0 Å². The molecule has 1 aliphatic heterocycles. The fourth-order valence-electron chi connectivity index (χ4n) is 2.42. The fourth-order valence-corrected chi connectivity index (χ4v) is 2.42. The highest BCUT2D eigenvalue weighted by Crippen LogP contribution is 2.36. The van der Waals surface area contributed by atoms with E-state index in [4.69, 9.17) is 15.2 Å². The van der Waals surface area contributed by atoms with Crippen LogP contribution in [0.3, 0.4) is 0 Å². The number of nitrogens with one attached hydrogen (secondary N) is 2. The third-order valence-corrected chi connectivity index (χ3v) is 3.57. The molecule has 0 radical (unpaired) electrons. The van der Waals surface area contributed by atoms with E-state index in [-0.39, 0.29) is 18.1 Å². The average Bonchev–Trinajstić information content (AvgIpc) is 2.69. The van der Waals surface area contributed by atoms with E-state index in [1.54, 1.807) is 14.2 Å². The second-order valence-corrected chi connectivity index (χ2v) is 4.65. The van der Waals surface area contributed by atoms with Gasteiger partial charge in [-0.3, -0.25) is 5.43 Å². The van der Waals surface area contributed by atoms with Crippen molar-refractivity contribution >= 4 is 0 Å². The fraction of sp³-hybridized carbons (Fsp3) is 0.538. The Bertz CT molecular complexity index is 436. The maximum atomic E-state index is 6.19. The van der Waals surface area contributed by atoms with Crippen LogP contribution in [0, 0.1) is 6.92 Å². The molecule has 3 atom stereocenters. The molecule has 1 fully saturated rings. The Morgan fingerprint density at radius 3 is 2.39 bits per heavy atom. The van der Waals surface area contributed by atoms with Crippen molar-refractivity contribution in [2.45, 2.75) is 32.0 Å². The van der Waals surface area contributed by atoms with Crippen LogP contribution < -0.4 is 26.1 Å². The minimum atomic E-state index is 0.00620. The first-order valence-corrected chi connectivity index (χ1v) is 6.08. The monoisotopic (exact) mass is 251 g/mol. The van der Waals surface area contributed by atoms with Crippen molar-refractivity contribution in [1.82, 2.24) is 10.9 Å². The van der Waals surface area contributed by atoms with Crippen LogP contribution in [0.25, 0.3) is 0 Å². The molecule has 3 unspecified atom stereocenters. The first kappa shape index (κ1) is 13.1. The molecular weight excluding hydrogens is 230 g/mol. The van der Waals surface area contributed by atoms with Crippen molar-refractivity contribution in [2.75, 3.05) is 14.2 Å². The van der Waals surface area contributed by atoms with E-state index in [9.17, 15) is 0 Å². The van der Waals surface area contributed by atoms with E-state index in [0.29, 0.717) is 0 Å². The lowest BCUT2D eigenvalue weighted by atomic mass is 9.95. The molecule has 1 aromatic rings. The summed E-state index contributed by atoms with van der Waals surface area (Å²) in [7, 11) is 3.33. The first-order chi connectivity index (χ1) is 8.60. The summed E-state index contributed by atoms with van der Waals surface area (Å²) in [6.07, 6.45) is 0. The van der Waals surface area contributed by atoms with Gasteiger partial charge in [-0.1, -0.05) is 0 Å². The topological polar surface area (TPSA) is 68.5 Å². The average molecular weight is 251 g/mol. The van der Waals surface area contributed by atoms with Gasteiger partial charge in [-0.05, 0) is 26.0 Å². The van der Waals surface area contributed by atoms with Gasteiger partial charge >= 0.3 is 0 Å². The van der Waals surface area contributed by atoms with Crippen LogP contribution in [0.1, 0.15) is 24.1 Å². The molecule has 5 heteroatoms. The summed E-state index contributed by atoms with van der Waals surface area (Å²) in [6.45, 7) is 4.04. The number of rotatable bonds is 3. The summed E-state index contributed by atoms with van der Waals surface area (Å²) in [5, 5.41) is 0. The molecular formula is C13H21N3O2. The lowest BCUT2D eigenvalue weighted by molar-refractivity contribution is 0.378. The van der Waals surface area contributed by atoms with Crippen molar-refractivity contribution in [2.24, 2.45) is 5.73 Å². The van der Waals surface area contributed by atoms with Gasteiger partial charge in [0.15, 0.2) is 0 Å². The first-order valence-electron chi connectivity index (χ1n) is 6.08. The molecule has 0 amide bonds. The largest absolute Gasteiger partial charge is 0.496 e. The zero-order valence-corrected chi connectivity index (χ0v) is 11.3. The molecule has 1 aromatic carbocycles. The van der Waals surface area contributed by atoms with Crippen molar-refractivity contribution in [1.29, 1.82) is 0 Å². The molecule has 100 valence electrons. The number of nitrogens with two attached hydrogens (primary N) is 1. The van der Waals surface area contributed by atoms with Gasteiger partial charge in [0, 0.05) is 23.2 Å². The maximum absolute atomic E-state index is 6.19. The Kier molecular flexibility index (Phi) is 3.75. The standard InChI is InChI=1S/C13H21N3O2/c1-7-10(17-3)6-5-9(13(7)18-4)12-11(14)8(2)15-16-12/h5-6,8,11-12,15-16H,14H2,1-4H3. The van der Waals surface area contributed by atoms with E-state index in [1.807, 2.05) is 19.1 Å². The summed E-state index contributed by atoms with van der Waals surface area (Å²) < 4.78 is 10.8. The van der Waals surface area contributed by atoms with E-state index >= 15 is 0 Å². The molecule has 1 heterocycles. The van der Waals surface area contributed by atoms with Crippen molar-refractivity contribution < 1.29 is 9.47 Å². The molecule has 0 bridgehead atoms. The minimum Gasteiger partial charge on any atom is -0.496 e. The quantitative estimate of drug-likeness (QED) is 0.744. The number of hydrogen-bond donors (Lipinski definition) is 3. The normalized spacial score (nSPS) is 27.3. The third kappa shape index (κ3) is 2.05. The van der Waals surface area contributed by atoms with Crippen LogP contribution in [0.5, 0.6) is 11.5 Å². The predicted molar refractivity (Wildman–Crippen MR) is 70.7 cm³/mol. The van der Waals surface area contributed by atoms with Crippen LogP contribution in [-0.2, 0) is 0 Å². The van der Waals surface area contributed by atoms with E-state index in [1.165, 1.54) is 0 Å². The van der Waals surface area contributed by atoms with Gasteiger partial charge in [-0.25, -0.2) is 5.43 Å². The second-order valence-electron chi connectivity index (χ2n) is 4.65.